The molecule has 2 rings (SSSR count). The van der Waals surface area contributed by atoms with Gasteiger partial charge in [0.1, 0.15) is 12.4 Å². The number of ether oxygens (including phenoxy) is 1. The van der Waals surface area contributed by atoms with Gasteiger partial charge in [-0.2, -0.15) is 0 Å². The predicted molar refractivity (Wildman–Crippen MR) is 66.6 cm³/mol. The summed E-state index contributed by atoms with van der Waals surface area (Å²) in [6, 6.07) is 8.44. The van der Waals surface area contributed by atoms with Crippen molar-refractivity contribution in [3.05, 3.63) is 58.6 Å². The van der Waals surface area contributed by atoms with Crippen molar-refractivity contribution in [2.75, 3.05) is 5.73 Å². The molecule has 0 aliphatic heterocycles. The second kappa shape index (κ2) is 5.23. The molecule has 94 valence electrons. The van der Waals surface area contributed by atoms with Gasteiger partial charge in [0, 0.05) is 6.07 Å². The second-order valence-electron chi connectivity index (χ2n) is 3.72. The number of anilines is 1. The molecule has 0 radical (unpaired) electrons. The highest BCUT2D eigenvalue weighted by atomic mass is 35.5. The van der Waals surface area contributed by atoms with Crippen molar-refractivity contribution in [3.8, 4) is 5.75 Å². The van der Waals surface area contributed by atoms with Crippen LogP contribution < -0.4 is 10.5 Å². The Labute approximate surface area is 108 Å². The fourth-order valence-corrected chi connectivity index (χ4v) is 1.53. The fourth-order valence-electron chi connectivity index (χ4n) is 1.42. The lowest BCUT2D eigenvalue weighted by Crippen LogP contribution is -1.98. The quantitative estimate of drug-likeness (QED) is 0.861. The van der Waals surface area contributed by atoms with Gasteiger partial charge in [0.2, 0.25) is 0 Å². The van der Waals surface area contributed by atoms with E-state index in [1.54, 1.807) is 18.2 Å². The van der Waals surface area contributed by atoms with E-state index in [4.69, 9.17) is 22.1 Å². The molecule has 2 nitrogen and oxygen atoms in total. The largest absolute Gasteiger partial charge is 0.489 e. The highest BCUT2D eigenvalue weighted by Crippen LogP contribution is 2.21. The maximum Gasteiger partial charge on any atom is 0.162 e. The molecule has 0 bridgehead atoms. The van der Waals surface area contributed by atoms with Crippen molar-refractivity contribution in [2.45, 2.75) is 6.61 Å². The number of rotatable bonds is 3. The van der Waals surface area contributed by atoms with Crippen LogP contribution in [0.25, 0.3) is 0 Å². The normalized spacial score (nSPS) is 10.4. The minimum absolute atomic E-state index is 0.201. The van der Waals surface area contributed by atoms with Crippen LogP contribution in [0.15, 0.2) is 36.4 Å². The lowest BCUT2D eigenvalue weighted by atomic mass is 10.2. The van der Waals surface area contributed by atoms with Crippen molar-refractivity contribution in [3.63, 3.8) is 0 Å². The van der Waals surface area contributed by atoms with Gasteiger partial charge in [0.25, 0.3) is 0 Å². The zero-order valence-corrected chi connectivity index (χ0v) is 10.0. The van der Waals surface area contributed by atoms with Crippen molar-refractivity contribution in [2.24, 2.45) is 0 Å². The van der Waals surface area contributed by atoms with Gasteiger partial charge in [-0.25, -0.2) is 8.78 Å². The van der Waals surface area contributed by atoms with E-state index in [0.717, 1.165) is 17.7 Å². The van der Waals surface area contributed by atoms with Gasteiger partial charge >= 0.3 is 0 Å². The van der Waals surface area contributed by atoms with Crippen LogP contribution >= 0.6 is 11.6 Å². The van der Waals surface area contributed by atoms with Crippen LogP contribution in [-0.2, 0) is 6.61 Å². The standard InChI is InChI=1S/C13H10ClF2NO/c14-10-3-1-8(5-13(10)17)7-18-9-2-4-11(15)12(16)6-9/h1-6H,7,17H2. The van der Waals surface area contributed by atoms with E-state index in [0.29, 0.717) is 10.7 Å². The average Bonchev–Trinajstić information content (AvgIpc) is 2.35. The number of hydrogen-bond donors (Lipinski definition) is 1. The van der Waals surface area contributed by atoms with Gasteiger partial charge in [-0.3, -0.25) is 0 Å². The summed E-state index contributed by atoms with van der Waals surface area (Å²) in [6.45, 7) is 0.201. The number of benzene rings is 2. The van der Waals surface area contributed by atoms with Crippen molar-refractivity contribution < 1.29 is 13.5 Å². The molecule has 0 fully saturated rings. The third kappa shape index (κ3) is 2.90. The first-order chi connectivity index (χ1) is 8.56. The van der Waals surface area contributed by atoms with E-state index < -0.39 is 11.6 Å². The Morgan fingerprint density at radius 1 is 1.06 bits per heavy atom. The van der Waals surface area contributed by atoms with Crippen LogP contribution in [-0.4, -0.2) is 0 Å². The molecular weight excluding hydrogens is 260 g/mol. The van der Waals surface area contributed by atoms with Gasteiger partial charge in [0.15, 0.2) is 11.6 Å². The molecule has 0 saturated carbocycles. The summed E-state index contributed by atoms with van der Waals surface area (Å²) in [6.07, 6.45) is 0. The summed E-state index contributed by atoms with van der Waals surface area (Å²) in [5.41, 5.74) is 6.88. The smallest absolute Gasteiger partial charge is 0.162 e. The van der Waals surface area contributed by atoms with E-state index in [1.807, 2.05) is 0 Å². The molecule has 0 aliphatic carbocycles. The summed E-state index contributed by atoms with van der Waals surface area (Å²) in [7, 11) is 0. The van der Waals surface area contributed by atoms with Crippen molar-refractivity contribution in [1.29, 1.82) is 0 Å². The summed E-state index contributed by atoms with van der Waals surface area (Å²) in [5.74, 6) is -1.59. The number of hydrogen-bond acceptors (Lipinski definition) is 2. The first-order valence-corrected chi connectivity index (χ1v) is 5.56. The van der Waals surface area contributed by atoms with Crippen LogP contribution in [0.2, 0.25) is 5.02 Å². The molecule has 0 saturated heterocycles. The van der Waals surface area contributed by atoms with Gasteiger partial charge < -0.3 is 10.5 Å². The summed E-state index contributed by atoms with van der Waals surface area (Å²) in [4.78, 5) is 0. The monoisotopic (exact) mass is 269 g/mol. The Morgan fingerprint density at radius 2 is 1.83 bits per heavy atom. The average molecular weight is 270 g/mol. The SMILES string of the molecule is Nc1cc(COc2ccc(F)c(F)c2)ccc1Cl. The Morgan fingerprint density at radius 3 is 2.50 bits per heavy atom. The zero-order valence-electron chi connectivity index (χ0n) is 9.29. The Kier molecular flexibility index (Phi) is 3.67. The number of nitrogens with two attached hydrogens (primary N) is 1. The molecule has 0 atom stereocenters. The van der Waals surface area contributed by atoms with Gasteiger partial charge in [0.05, 0.1) is 10.7 Å². The summed E-state index contributed by atoms with van der Waals surface area (Å²) < 4.78 is 30.9. The van der Waals surface area contributed by atoms with Crippen LogP contribution in [0.3, 0.4) is 0 Å². The van der Waals surface area contributed by atoms with Crippen molar-refractivity contribution >= 4 is 17.3 Å². The second-order valence-corrected chi connectivity index (χ2v) is 4.13. The predicted octanol–water partition coefficient (Wildman–Crippen LogP) is 3.78. The lowest BCUT2D eigenvalue weighted by Gasteiger charge is -2.07. The molecule has 0 unspecified atom stereocenters. The minimum Gasteiger partial charge on any atom is -0.489 e. The van der Waals surface area contributed by atoms with Gasteiger partial charge in [-0.15, -0.1) is 0 Å². The third-order valence-corrected chi connectivity index (χ3v) is 2.70. The van der Waals surface area contributed by atoms with Crippen LogP contribution in [0.4, 0.5) is 14.5 Å². The van der Waals surface area contributed by atoms with E-state index in [2.05, 4.69) is 0 Å². The van der Waals surface area contributed by atoms with E-state index in [1.165, 1.54) is 6.07 Å². The molecule has 5 heteroatoms. The third-order valence-electron chi connectivity index (χ3n) is 2.36. The Bertz CT molecular complexity index is 523. The Balaban J connectivity index is 2.06. The van der Waals surface area contributed by atoms with E-state index in [-0.39, 0.29) is 12.4 Å². The maximum atomic E-state index is 12.9. The molecule has 0 spiro atoms. The Hall–Kier alpha value is -1.81. The topological polar surface area (TPSA) is 35.2 Å². The fraction of sp³-hybridized carbons (Fsp3) is 0.0769. The van der Waals surface area contributed by atoms with Gasteiger partial charge in [-0.1, -0.05) is 17.7 Å². The first-order valence-electron chi connectivity index (χ1n) is 5.18. The lowest BCUT2D eigenvalue weighted by molar-refractivity contribution is 0.303. The summed E-state index contributed by atoms with van der Waals surface area (Å²) in [5, 5.41) is 0.464. The molecule has 0 aromatic heterocycles. The van der Waals surface area contributed by atoms with Crippen LogP contribution in [0, 0.1) is 11.6 Å². The molecule has 2 aromatic rings. The highest BCUT2D eigenvalue weighted by Gasteiger charge is 2.04. The molecule has 18 heavy (non-hydrogen) atoms. The van der Waals surface area contributed by atoms with Crippen LogP contribution in [0.1, 0.15) is 5.56 Å². The first kappa shape index (κ1) is 12.6. The molecule has 0 heterocycles. The van der Waals surface area contributed by atoms with Crippen molar-refractivity contribution in [1.82, 2.24) is 0 Å². The number of nitrogen functional groups attached to an aromatic ring is 1. The van der Waals surface area contributed by atoms with Gasteiger partial charge in [-0.05, 0) is 29.8 Å². The number of halogens is 3. The van der Waals surface area contributed by atoms with E-state index >= 15 is 0 Å². The molecule has 0 aliphatic rings. The highest BCUT2D eigenvalue weighted by molar-refractivity contribution is 6.33. The molecule has 2 aromatic carbocycles. The molecule has 2 N–H and O–H groups in total. The molecular formula is C13H10ClF2NO. The molecule has 0 amide bonds. The van der Waals surface area contributed by atoms with E-state index in [9.17, 15) is 8.78 Å². The zero-order chi connectivity index (χ0) is 13.1. The summed E-state index contributed by atoms with van der Waals surface area (Å²) >= 11 is 5.78. The minimum atomic E-state index is -0.942. The maximum absolute atomic E-state index is 12.9. The van der Waals surface area contributed by atoms with Crippen LogP contribution in [0.5, 0.6) is 5.75 Å².